The van der Waals surface area contributed by atoms with Crippen LogP contribution < -0.4 is 5.32 Å². The summed E-state index contributed by atoms with van der Waals surface area (Å²) in [7, 11) is 0. The molecule has 0 saturated carbocycles. The molecular weight excluding hydrogens is 90.1 g/mol. The lowest BCUT2D eigenvalue weighted by molar-refractivity contribution is -0.119. The maximum atomic E-state index is 10.3. The third kappa shape index (κ3) is 0.918. The van der Waals surface area contributed by atoms with Crippen LogP contribution in [0.25, 0.3) is 0 Å². The van der Waals surface area contributed by atoms with Gasteiger partial charge in [-0.3, -0.25) is 4.79 Å². The van der Waals surface area contributed by atoms with E-state index in [0.29, 0.717) is 6.42 Å². The zero-order valence-electron chi connectivity index (χ0n) is 4.11. The van der Waals surface area contributed by atoms with Crippen LogP contribution in [0.3, 0.4) is 0 Å². The molecule has 0 aromatic carbocycles. The molecule has 0 spiro atoms. The molecule has 1 heterocycles. The van der Waals surface area contributed by atoms with Crippen LogP contribution in [0.4, 0.5) is 0 Å². The van der Waals surface area contributed by atoms with E-state index < -0.39 is 0 Å². The van der Waals surface area contributed by atoms with Crippen molar-refractivity contribution in [1.29, 1.82) is 0 Å². The van der Waals surface area contributed by atoms with Crippen molar-refractivity contribution in [3.63, 3.8) is 0 Å². The summed E-state index contributed by atoms with van der Waals surface area (Å²) in [4.78, 5) is 10.3. The fourth-order valence-corrected chi connectivity index (χ4v) is 0.677. The largest absolute Gasteiger partial charge is 0.353 e. The van der Waals surface area contributed by atoms with Gasteiger partial charge in [-0.2, -0.15) is 0 Å². The number of hydrogen-bond donors (Lipinski definition) is 1. The van der Waals surface area contributed by atoms with E-state index in [4.69, 9.17) is 0 Å². The minimum atomic E-state index is 0.139. The van der Waals surface area contributed by atoms with Crippen LogP contribution in [0.15, 0.2) is 0 Å². The van der Waals surface area contributed by atoms with Crippen LogP contribution in [-0.2, 0) is 4.79 Å². The van der Waals surface area contributed by atoms with Gasteiger partial charge in [-0.25, -0.2) is 0 Å². The van der Waals surface area contributed by atoms with Gasteiger partial charge in [-0.15, -0.1) is 0 Å². The van der Waals surface area contributed by atoms with Crippen molar-refractivity contribution in [1.82, 2.24) is 5.32 Å². The van der Waals surface area contributed by atoms with Crippen molar-refractivity contribution < 1.29 is 4.79 Å². The predicted molar refractivity (Wildman–Crippen MR) is 26.5 cm³/mol. The van der Waals surface area contributed by atoms with Gasteiger partial charge in [0.05, 0.1) is 0 Å². The number of rotatable bonds is 0. The summed E-state index contributed by atoms with van der Waals surface area (Å²) in [6, 6.07) is 0.174. The Labute approximate surface area is 42.9 Å². The molecule has 1 aliphatic heterocycles. The standard InChI is InChI=1S/C5H8NO/c1-4-2-3-5(7)6-4/h4H,1-3H2,(H,6,7)/t4-/m1/s1. The predicted octanol–water partition coefficient (Wildman–Crippen LogP) is 0.0991. The number of nitrogens with one attached hydrogen (secondary N) is 1. The van der Waals surface area contributed by atoms with E-state index in [9.17, 15) is 4.79 Å². The van der Waals surface area contributed by atoms with E-state index in [-0.39, 0.29) is 11.9 Å². The Balaban J connectivity index is 2.40. The van der Waals surface area contributed by atoms with E-state index in [2.05, 4.69) is 12.2 Å². The first-order valence-corrected chi connectivity index (χ1v) is 2.41. The lowest BCUT2D eigenvalue weighted by atomic mass is 10.3. The number of carbonyl (C=O) groups is 1. The minimum Gasteiger partial charge on any atom is -0.353 e. The molecule has 1 rings (SSSR count). The monoisotopic (exact) mass is 98.1 g/mol. The molecule has 2 heteroatoms. The molecule has 0 aliphatic carbocycles. The molecule has 7 heavy (non-hydrogen) atoms. The van der Waals surface area contributed by atoms with Gasteiger partial charge in [0.25, 0.3) is 0 Å². The lowest BCUT2D eigenvalue weighted by Gasteiger charge is -1.95. The molecule has 1 atom stereocenters. The Morgan fingerprint density at radius 2 is 2.57 bits per heavy atom. The second kappa shape index (κ2) is 1.52. The molecule has 39 valence electrons. The normalized spacial score (nSPS) is 30.4. The van der Waals surface area contributed by atoms with E-state index >= 15 is 0 Å². The fourth-order valence-electron chi connectivity index (χ4n) is 0.677. The first-order chi connectivity index (χ1) is 3.29. The van der Waals surface area contributed by atoms with E-state index in [0.717, 1.165) is 6.42 Å². The van der Waals surface area contributed by atoms with Crippen molar-refractivity contribution in [3.05, 3.63) is 6.92 Å². The second-order valence-electron chi connectivity index (χ2n) is 1.80. The molecule has 0 aromatic rings. The van der Waals surface area contributed by atoms with Crippen molar-refractivity contribution in [2.45, 2.75) is 18.9 Å². The van der Waals surface area contributed by atoms with Crippen molar-refractivity contribution >= 4 is 5.91 Å². The number of carbonyl (C=O) groups excluding carboxylic acids is 1. The third-order valence-corrected chi connectivity index (χ3v) is 1.08. The first-order valence-electron chi connectivity index (χ1n) is 2.41. The highest BCUT2D eigenvalue weighted by molar-refractivity contribution is 5.78. The van der Waals surface area contributed by atoms with Crippen LogP contribution >= 0.6 is 0 Å². The van der Waals surface area contributed by atoms with E-state index in [1.54, 1.807) is 0 Å². The van der Waals surface area contributed by atoms with E-state index in [1.165, 1.54) is 0 Å². The Kier molecular flexibility index (Phi) is 1.01. The van der Waals surface area contributed by atoms with Gasteiger partial charge in [0.15, 0.2) is 0 Å². The van der Waals surface area contributed by atoms with Crippen LogP contribution in [0.5, 0.6) is 0 Å². The van der Waals surface area contributed by atoms with Gasteiger partial charge < -0.3 is 5.32 Å². The van der Waals surface area contributed by atoms with E-state index in [1.807, 2.05) is 0 Å². The number of amides is 1. The smallest absolute Gasteiger partial charge is 0.220 e. The van der Waals surface area contributed by atoms with Gasteiger partial charge >= 0.3 is 0 Å². The number of hydrogen-bond acceptors (Lipinski definition) is 1. The molecule has 1 amide bonds. The Hall–Kier alpha value is -0.530. The van der Waals surface area contributed by atoms with Crippen LogP contribution in [0, 0.1) is 6.92 Å². The van der Waals surface area contributed by atoms with Crippen LogP contribution in [0.1, 0.15) is 12.8 Å². The highest BCUT2D eigenvalue weighted by Crippen LogP contribution is 2.03. The van der Waals surface area contributed by atoms with Gasteiger partial charge in [-0.1, -0.05) is 0 Å². The maximum Gasteiger partial charge on any atom is 0.220 e. The molecule has 1 aliphatic rings. The summed E-state index contributed by atoms with van der Waals surface area (Å²) in [5.74, 6) is 0.139. The summed E-state index contributed by atoms with van der Waals surface area (Å²) < 4.78 is 0. The average molecular weight is 98.1 g/mol. The zero-order chi connectivity index (χ0) is 5.28. The van der Waals surface area contributed by atoms with Gasteiger partial charge in [0.1, 0.15) is 0 Å². The first kappa shape index (κ1) is 4.62. The van der Waals surface area contributed by atoms with Gasteiger partial charge in [0.2, 0.25) is 5.91 Å². The topological polar surface area (TPSA) is 29.1 Å². The summed E-state index contributed by atoms with van der Waals surface area (Å²) in [5.41, 5.74) is 0. The summed E-state index contributed by atoms with van der Waals surface area (Å²) in [6.45, 7) is 3.66. The molecule has 1 fully saturated rings. The zero-order valence-corrected chi connectivity index (χ0v) is 4.11. The molecular formula is C5H8NO. The van der Waals surface area contributed by atoms with Crippen molar-refractivity contribution in [3.8, 4) is 0 Å². The highest BCUT2D eigenvalue weighted by atomic mass is 16.1. The second-order valence-corrected chi connectivity index (χ2v) is 1.80. The van der Waals surface area contributed by atoms with Crippen molar-refractivity contribution in [2.75, 3.05) is 0 Å². The fraction of sp³-hybridized carbons (Fsp3) is 0.600. The quantitative estimate of drug-likeness (QED) is 0.457. The highest BCUT2D eigenvalue weighted by Gasteiger charge is 2.14. The van der Waals surface area contributed by atoms with Crippen molar-refractivity contribution in [2.24, 2.45) is 0 Å². The molecule has 1 radical (unpaired) electrons. The molecule has 0 aromatic heterocycles. The summed E-state index contributed by atoms with van der Waals surface area (Å²) in [5, 5.41) is 2.67. The SMILES string of the molecule is [CH2][C@@H]1CCC(=O)N1. The Morgan fingerprint density at radius 1 is 1.86 bits per heavy atom. The minimum absolute atomic E-state index is 0.139. The average Bonchev–Trinajstić information content (AvgIpc) is 1.87. The maximum absolute atomic E-state index is 10.3. The lowest BCUT2D eigenvalue weighted by Crippen LogP contribution is -2.21. The molecule has 2 nitrogen and oxygen atoms in total. The van der Waals surface area contributed by atoms with Crippen LogP contribution in [-0.4, -0.2) is 11.9 Å². The molecule has 1 saturated heterocycles. The Bertz CT molecular complexity index is 90.1. The van der Waals surface area contributed by atoms with Gasteiger partial charge in [-0.05, 0) is 13.3 Å². The summed E-state index contributed by atoms with van der Waals surface area (Å²) >= 11 is 0. The molecule has 0 bridgehead atoms. The van der Waals surface area contributed by atoms with Crippen LogP contribution in [0.2, 0.25) is 0 Å². The third-order valence-electron chi connectivity index (χ3n) is 1.08. The van der Waals surface area contributed by atoms with Gasteiger partial charge in [0, 0.05) is 12.5 Å². The Morgan fingerprint density at radius 3 is 2.71 bits per heavy atom. The molecule has 1 N–H and O–H groups in total. The summed E-state index contributed by atoms with van der Waals surface area (Å²) in [6.07, 6.45) is 1.56. The molecule has 0 unspecified atom stereocenters.